The van der Waals surface area contributed by atoms with Crippen molar-refractivity contribution in [3.63, 3.8) is 0 Å². The monoisotopic (exact) mass is 337 g/mol. The third-order valence-electron chi connectivity index (χ3n) is 3.84. The van der Waals surface area contributed by atoms with E-state index in [4.69, 9.17) is 0 Å². The quantitative estimate of drug-likeness (QED) is 0.480. The molecule has 0 N–H and O–H groups in total. The summed E-state index contributed by atoms with van der Waals surface area (Å²) in [6.45, 7) is 5.79. The summed E-state index contributed by atoms with van der Waals surface area (Å²) in [4.78, 5) is 0. The van der Waals surface area contributed by atoms with E-state index in [0.717, 1.165) is 27.7 Å². The summed E-state index contributed by atoms with van der Waals surface area (Å²) < 4.78 is 3.47. The fourth-order valence-corrected chi connectivity index (χ4v) is 4.35. The Kier molecular flexibility index (Phi) is 3.67. The van der Waals surface area contributed by atoms with E-state index in [1.807, 2.05) is 13.0 Å². The average molecular weight is 337 g/mol. The van der Waals surface area contributed by atoms with Gasteiger partial charge in [-0.2, -0.15) is 0 Å². The van der Waals surface area contributed by atoms with Crippen molar-refractivity contribution in [1.29, 1.82) is 0 Å². The van der Waals surface area contributed by atoms with Crippen LogP contribution in [0.25, 0.3) is 21.8 Å². The van der Waals surface area contributed by atoms with Crippen LogP contribution in [0.15, 0.2) is 53.4 Å². The van der Waals surface area contributed by atoms with Gasteiger partial charge in [-0.1, -0.05) is 48.7 Å². The molecule has 3 nitrogen and oxygen atoms in total. The fraction of sp³-hybridized carbons (Fsp3) is 0.111. The number of hydrogen-bond acceptors (Lipinski definition) is 4. The molecular weight excluding hydrogens is 322 g/mol. The molecule has 0 amide bonds. The zero-order valence-corrected chi connectivity index (χ0v) is 14.3. The van der Waals surface area contributed by atoms with Crippen molar-refractivity contribution in [2.45, 2.75) is 17.7 Å². The summed E-state index contributed by atoms with van der Waals surface area (Å²) in [5, 5.41) is 11.8. The largest absolute Gasteiger partial charge is 0.293 e. The Morgan fingerprint density at radius 2 is 2.00 bits per heavy atom. The zero-order valence-electron chi connectivity index (χ0n) is 12.7. The van der Waals surface area contributed by atoms with Gasteiger partial charge in [0.15, 0.2) is 0 Å². The van der Waals surface area contributed by atoms with Crippen LogP contribution in [-0.2, 0) is 5.75 Å². The molecule has 3 heterocycles. The third-order valence-corrected chi connectivity index (χ3v) is 5.74. The van der Waals surface area contributed by atoms with Gasteiger partial charge < -0.3 is 0 Å². The van der Waals surface area contributed by atoms with E-state index in [0.29, 0.717) is 0 Å². The molecule has 5 heteroatoms. The summed E-state index contributed by atoms with van der Waals surface area (Å²) >= 11 is 3.48. The molecule has 23 heavy (non-hydrogen) atoms. The van der Waals surface area contributed by atoms with Crippen LogP contribution in [0.4, 0.5) is 0 Å². The van der Waals surface area contributed by atoms with E-state index in [-0.39, 0.29) is 0 Å². The van der Waals surface area contributed by atoms with Crippen LogP contribution >= 0.6 is 23.1 Å². The highest BCUT2D eigenvalue weighted by Crippen LogP contribution is 2.32. The molecule has 0 saturated carbocycles. The Labute approximate surface area is 142 Å². The number of hydrogen-bond donors (Lipinski definition) is 0. The number of thioether (sulfide) groups is 1. The molecule has 4 aromatic rings. The third kappa shape index (κ3) is 2.56. The first kappa shape index (κ1) is 14.5. The van der Waals surface area contributed by atoms with Gasteiger partial charge in [0, 0.05) is 5.75 Å². The SMILES string of the molecule is C=Cc1ccc(CSc2nnc(C)n3c2cc2sccc23)cc1. The predicted octanol–water partition coefficient (Wildman–Crippen LogP) is 5.19. The molecule has 0 unspecified atom stereocenters. The number of rotatable bonds is 4. The van der Waals surface area contributed by atoms with Crippen LogP contribution in [0.5, 0.6) is 0 Å². The molecule has 0 aliphatic carbocycles. The molecule has 1 aromatic carbocycles. The minimum absolute atomic E-state index is 0.879. The van der Waals surface area contributed by atoms with Gasteiger partial charge in [0.05, 0.1) is 15.7 Å². The van der Waals surface area contributed by atoms with E-state index in [1.165, 1.54) is 15.8 Å². The maximum absolute atomic E-state index is 4.41. The molecule has 4 rings (SSSR count). The second-order valence-electron chi connectivity index (χ2n) is 5.32. The molecule has 0 radical (unpaired) electrons. The standard InChI is InChI=1S/C18H15N3S2/c1-3-13-4-6-14(7-5-13)11-23-18-16-10-17-15(8-9-22-17)21(16)12(2)19-20-18/h3-10H,1,11H2,2H3. The van der Waals surface area contributed by atoms with E-state index in [2.05, 4.69) is 63.0 Å². The van der Waals surface area contributed by atoms with Gasteiger partial charge in [0.1, 0.15) is 10.9 Å². The first-order valence-corrected chi connectivity index (χ1v) is 9.19. The second kappa shape index (κ2) is 5.83. The summed E-state index contributed by atoms with van der Waals surface area (Å²) in [7, 11) is 0. The van der Waals surface area contributed by atoms with Crippen LogP contribution in [0, 0.1) is 6.92 Å². The highest BCUT2D eigenvalue weighted by Gasteiger charge is 2.12. The fourth-order valence-electron chi connectivity index (χ4n) is 2.65. The van der Waals surface area contributed by atoms with Crippen molar-refractivity contribution in [3.8, 4) is 0 Å². The van der Waals surface area contributed by atoms with Crippen LogP contribution in [0.3, 0.4) is 0 Å². The Hall–Kier alpha value is -2.11. The molecular formula is C18H15N3S2. The van der Waals surface area contributed by atoms with E-state index < -0.39 is 0 Å². The number of fused-ring (bicyclic) bond motifs is 3. The van der Waals surface area contributed by atoms with Gasteiger partial charge >= 0.3 is 0 Å². The molecule has 0 atom stereocenters. The van der Waals surface area contributed by atoms with Gasteiger partial charge in [0.2, 0.25) is 0 Å². The smallest absolute Gasteiger partial charge is 0.143 e. The zero-order chi connectivity index (χ0) is 15.8. The van der Waals surface area contributed by atoms with Gasteiger partial charge in [-0.15, -0.1) is 21.5 Å². The van der Waals surface area contributed by atoms with Crippen LogP contribution < -0.4 is 0 Å². The molecule has 0 saturated heterocycles. The molecule has 0 fully saturated rings. The molecule has 0 aliphatic rings. The maximum atomic E-state index is 4.41. The van der Waals surface area contributed by atoms with Gasteiger partial charge in [-0.3, -0.25) is 4.40 Å². The van der Waals surface area contributed by atoms with E-state index >= 15 is 0 Å². The first-order chi connectivity index (χ1) is 11.3. The molecule has 3 aromatic heterocycles. The Balaban J connectivity index is 1.68. The van der Waals surface area contributed by atoms with Gasteiger partial charge in [-0.05, 0) is 35.6 Å². The number of aryl methyl sites for hydroxylation is 1. The predicted molar refractivity (Wildman–Crippen MR) is 99.2 cm³/mol. The van der Waals surface area contributed by atoms with E-state index in [1.54, 1.807) is 23.1 Å². The van der Waals surface area contributed by atoms with Gasteiger partial charge in [-0.25, -0.2) is 0 Å². The minimum Gasteiger partial charge on any atom is -0.293 e. The number of thiophene rings is 1. The first-order valence-electron chi connectivity index (χ1n) is 7.32. The lowest BCUT2D eigenvalue weighted by Gasteiger charge is -2.06. The summed E-state index contributed by atoms with van der Waals surface area (Å²) in [5.74, 6) is 1.80. The summed E-state index contributed by atoms with van der Waals surface area (Å²) in [6, 6.07) is 12.8. The molecule has 114 valence electrons. The van der Waals surface area contributed by atoms with Crippen molar-refractivity contribution in [2.24, 2.45) is 0 Å². The van der Waals surface area contributed by atoms with Crippen LogP contribution in [-0.4, -0.2) is 14.6 Å². The van der Waals surface area contributed by atoms with Crippen LogP contribution in [0.1, 0.15) is 17.0 Å². The minimum atomic E-state index is 0.879. The Bertz CT molecular complexity index is 996. The number of nitrogens with zero attached hydrogens (tertiary/aromatic N) is 3. The highest BCUT2D eigenvalue weighted by molar-refractivity contribution is 7.98. The van der Waals surface area contributed by atoms with E-state index in [9.17, 15) is 0 Å². The summed E-state index contributed by atoms with van der Waals surface area (Å²) in [5.41, 5.74) is 4.78. The van der Waals surface area contributed by atoms with Crippen molar-refractivity contribution in [2.75, 3.05) is 0 Å². The topological polar surface area (TPSA) is 30.2 Å². The van der Waals surface area contributed by atoms with Gasteiger partial charge in [0.25, 0.3) is 0 Å². The lowest BCUT2D eigenvalue weighted by atomic mass is 10.1. The van der Waals surface area contributed by atoms with Crippen molar-refractivity contribution in [1.82, 2.24) is 14.6 Å². The molecule has 0 bridgehead atoms. The normalized spacial score (nSPS) is 11.3. The lowest BCUT2D eigenvalue weighted by molar-refractivity contribution is 0.837. The van der Waals surface area contributed by atoms with Crippen LogP contribution in [0.2, 0.25) is 0 Å². The number of aromatic nitrogens is 3. The van der Waals surface area contributed by atoms with Crippen molar-refractivity contribution < 1.29 is 0 Å². The number of benzene rings is 1. The second-order valence-corrected chi connectivity index (χ2v) is 7.23. The lowest BCUT2D eigenvalue weighted by Crippen LogP contribution is -1.99. The van der Waals surface area contributed by atoms with Crippen molar-refractivity contribution in [3.05, 3.63) is 65.3 Å². The van der Waals surface area contributed by atoms with Crippen molar-refractivity contribution >= 4 is 44.9 Å². The molecule has 0 spiro atoms. The average Bonchev–Trinajstić information content (AvgIpc) is 3.16. The summed E-state index contributed by atoms with van der Waals surface area (Å²) in [6.07, 6.45) is 1.86. The Morgan fingerprint density at radius 1 is 1.17 bits per heavy atom. The maximum Gasteiger partial charge on any atom is 0.143 e. The Morgan fingerprint density at radius 3 is 2.78 bits per heavy atom. The molecule has 0 aliphatic heterocycles. The highest BCUT2D eigenvalue weighted by atomic mass is 32.2.